The molecule has 142 valence electrons. The lowest BCUT2D eigenvalue weighted by atomic mass is 10.2. The predicted molar refractivity (Wildman–Crippen MR) is 111 cm³/mol. The van der Waals surface area contributed by atoms with Gasteiger partial charge in [-0.2, -0.15) is 5.26 Å². The minimum Gasteiger partial charge on any atom is -0.490 e. The summed E-state index contributed by atoms with van der Waals surface area (Å²) in [5, 5.41) is 11.9. The van der Waals surface area contributed by atoms with Crippen LogP contribution in [-0.4, -0.2) is 17.6 Å². The second-order valence-corrected chi connectivity index (χ2v) is 7.67. The minimum absolute atomic E-state index is 0.0588. The van der Waals surface area contributed by atoms with Crippen LogP contribution in [0.3, 0.4) is 0 Å². The van der Waals surface area contributed by atoms with Gasteiger partial charge < -0.3 is 9.47 Å². The molecule has 0 unspecified atom stereocenters. The Morgan fingerprint density at radius 3 is 2.79 bits per heavy atom. The monoisotopic (exact) mass is 456 g/mol. The molecule has 0 atom stereocenters. The summed E-state index contributed by atoms with van der Waals surface area (Å²) in [7, 11) is 0. The van der Waals surface area contributed by atoms with Crippen LogP contribution in [0.4, 0.5) is 0 Å². The van der Waals surface area contributed by atoms with Crippen LogP contribution in [0.25, 0.3) is 0 Å². The molecule has 0 aliphatic heterocycles. The zero-order valence-electron chi connectivity index (χ0n) is 15.1. The number of carbonyl (C=O) groups is 1. The molecule has 7 heteroatoms. The third kappa shape index (κ3) is 5.18. The zero-order valence-corrected chi connectivity index (χ0v) is 17.5. The van der Waals surface area contributed by atoms with Gasteiger partial charge in [0.2, 0.25) is 0 Å². The summed E-state index contributed by atoms with van der Waals surface area (Å²) < 4.78 is 11.5. The lowest BCUT2D eigenvalue weighted by molar-refractivity contribution is -0.133. The average Bonchev–Trinajstić information content (AvgIpc) is 3.11. The maximum atomic E-state index is 12.4. The van der Waals surface area contributed by atoms with Crippen LogP contribution in [0.15, 0.2) is 52.3 Å². The van der Waals surface area contributed by atoms with E-state index in [0.717, 1.165) is 11.4 Å². The number of nitriles is 1. The Hall–Kier alpha value is -2.69. The number of hydrogen-bond donors (Lipinski definition) is 0. The van der Waals surface area contributed by atoms with E-state index in [9.17, 15) is 4.79 Å². The van der Waals surface area contributed by atoms with E-state index < -0.39 is 5.97 Å². The SMILES string of the molecule is CCOc1cc(C#N)cc(Br)c1OC(=O)Cc1csc(Cc2ccccc2)n1. The fraction of sp³-hybridized carbons (Fsp3) is 0.190. The van der Waals surface area contributed by atoms with Crippen LogP contribution in [0.5, 0.6) is 11.5 Å². The van der Waals surface area contributed by atoms with Gasteiger partial charge >= 0.3 is 5.97 Å². The Morgan fingerprint density at radius 2 is 2.07 bits per heavy atom. The van der Waals surface area contributed by atoms with Crippen molar-refractivity contribution in [2.75, 3.05) is 6.61 Å². The van der Waals surface area contributed by atoms with Gasteiger partial charge in [0.1, 0.15) is 0 Å². The molecule has 0 aliphatic rings. The van der Waals surface area contributed by atoms with E-state index in [0.29, 0.717) is 28.1 Å². The molecule has 2 aromatic carbocycles. The molecular weight excluding hydrogens is 440 g/mol. The summed E-state index contributed by atoms with van der Waals surface area (Å²) in [6.07, 6.45) is 0.791. The largest absolute Gasteiger partial charge is 0.490 e. The second-order valence-electron chi connectivity index (χ2n) is 5.88. The van der Waals surface area contributed by atoms with E-state index in [-0.39, 0.29) is 12.2 Å². The van der Waals surface area contributed by atoms with E-state index in [2.05, 4.69) is 27.0 Å². The second kappa shape index (κ2) is 9.49. The van der Waals surface area contributed by atoms with Gasteiger partial charge in [0.25, 0.3) is 0 Å². The van der Waals surface area contributed by atoms with E-state index >= 15 is 0 Å². The molecule has 0 bridgehead atoms. The first-order valence-corrected chi connectivity index (χ1v) is 10.3. The van der Waals surface area contributed by atoms with Crippen LogP contribution in [0.2, 0.25) is 0 Å². The smallest absolute Gasteiger partial charge is 0.317 e. The highest BCUT2D eigenvalue weighted by Gasteiger charge is 2.17. The number of aromatic nitrogens is 1. The Bertz CT molecular complexity index is 1010. The molecule has 0 spiro atoms. The third-order valence-corrected chi connectivity index (χ3v) is 5.26. The molecule has 3 aromatic rings. The Morgan fingerprint density at radius 1 is 1.29 bits per heavy atom. The first-order chi connectivity index (χ1) is 13.6. The fourth-order valence-corrected chi connectivity index (χ4v) is 3.93. The minimum atomic E-state index is -0.442. The molecule has 0 N–H and O–H groups in total. The summed E-state index contributed by atoms with van der Waals surface area (Å²) in [5.41, 5.74) is 2.26. The van der Waals surface area contributed by atoms with E-state index in [4.69, 9.17) is 14.7 Å². The number of rotatable bonds is 7. The molecule has 0 amide bonds. The van der Waals surface area contributed by atoms with Crippen molar-refractivity contribution >= 4 is 33.2 Å². The van der Waals surface area contributed by atoms with Crippen molar-refractivity contribution in [3.63, 3.8) is 0 Å². The summed E-state index contributed by atoms with van der Waals surface area (Å²) in [6.45, 7) is 2.21. The molecule has 28 heavy (non-hydrogen) atoms. The van der Waals surface area contributed by atoms with Crippen LogP contribution in [0, 0.1) is 11.3 Å². The number of thiazole rings is 1. The molecule has 0 radical (unpaired) electrons. The summed E-state index contributed by atoms with van der Waals surface area (Å²) in [5.74, 6) is 0.179. The van der Waals surface area contributed by atoms with Crippen molar-refractivity contribution in [1.29, 1.82) is 5.26 Å². The van der Waals surface area contributed by atoms with Crippen molar-refractivity contribution < 1.29 is 14.3 Å². The first kappa shape index (κ1) is 20.1. The first-order valence-electron chi connectivity index (χ1n) is 8.63. The third-order valence-electron chi connectivity index (χ3n) is 3.78. The highest BCUT2D eigenvalue weighted by atomic mass is 79.9. The number of nitrogens with zero attached hydrogens (tertiary/aromatic N) is 2. The molecule has 1 heterocycles. The molecule has 0 saturated carbocycles. The highest BCUT2D eigenvalue weighted by molar-refractivity contribution is 9.10. The quantitative estimate of drug-likeness (QED) is 0.372. The standard InChI is InChI=1S/C21H17BrN2O3S/c1-2-26-18-9-15(12-23)8-17(22)21(18)27-20(25)11-16-13-28-19(24-16)10-14-6-4-3-5-7-14/h3-9,13H,2,10-11H2,1H3. The number of hydrogen-bond acceptors (Lipinski definition) is 6. The molecular formula is C21H17BrN2O3S. The van der Waals surface area contributed by atoms with Gasteiger partial charge in [0.05, 0.1) is 39.8 Å². The van der Waals surface area contributed by atoms with E-state index in [1.807, 2.05) is 42.6 Å². The van der Waals surface area contributed by atoms with Gasteiger partial charge in [-0.3, -0.25) is 4.79 Å². The fourth-order valence-electron chi connectivity index (χ4n) is 2.57. The van der Waals surface area contributed by atoms with Crippen molar-refractivity contribution in [3.8, 4) is 17.6 Å². The van der Waals surface area contributed by atoms with Crippen molar-refractivity contribution in [2.24, 2.45) is 0 Å². The van der Waals surface area contributed by atoms with Gasteiger partial charge in [-0.05, 0) is 34.5 Å². The van der Waals surface area contributed by atoms with Crippen molar-refractivity contribution in [3.05, 3.63) is 74.1 Å². The number of esters is 1. The van der Waals surface area contributed by atoms with Crippen molar-refractivity contribution in [1.82, 2.24) is 4.98 Å². The Labute approximate surface area is 175 Å². The molecule has 3 rings (SSSR count). The van der Waals surface area contributed by atoms with Gasteiger partial charge in [0, 0.05) is 17.9 Å². The zero-order chi connectivity index (χ0) is 19.9. The molecule has 5 nitrogen and oxygen atoms in total. The van der Waals surface area contributed by atoms with Crippen LogP contribution in [-0.2, 0) is 17.6 Å². The van der Waals surface area contributed by atoms with Gasteiger partial charge in [-0.1, -0.05) is 30.3 Å². The molecule has 1 aromatic heterocycles. The topological polar surface area (TPSA) is 72.2 Å². The maximum Gasteiger partial charge on any atom is 0.317 e. The Kier molecular flexibility index (Phi) is 6.80. The normalized spacial score (nSPS) is 10.3. The van der Waals surface area contributed by atoms with Crippen LogP contribution < -0.4 is 9.47 Å². The van der Waals surface area contributed by atoms with Gasteiger partial charge in [-0.15, -0.1) is 11.3 Å². The summed E-state index contributed by atoms with van der Waals surface area (Å²) >= 11 is 4.87. The van der Waals surface area contributed by atoms with Gasteiger partial charge in [-0.25, -0.2) is 4.98 Å². The molecule has 0 saturated heterocycles. The lowest BCUT2D eigenvalue weighted by Gasteiger charge is -2.12. The number of carbonyl (C=O) groups excluding carboxylic acids is 1. The highest BCUT2D eigenvalue weighted by Crippen LogP contribution is 2.37. The number of ether oxygens (including phenoxy) is 2. The maximum absolute atomic E-state index is 12.4. The van der Waals surface area contributed by atoms with E-state index in [1.165, 1.54) is 16.9 Å². The number of benzene rings is 2. The summed E-state index contributed by atoms with van der Waals surface area (Å²) in [4.78, 5) is 16.9. The molecule has 0 fully saturated rings. The lowest BCUT2D eigenvalue weighted by Crippen LogP contribution is -2.13. The number of halogens is 1. The average molecular weight is 457 g/mol. The summed E-state index contributed by atoms with van der Waals surface area (Å²) in [6, 6.07) is 15.3. The van der Waals surface area contributed by atoms with E-state index in [1.54, 1.807) is 12.1 Å². The Balaban J connectivity index is 1.69. The predicted octanol–water partition coefficient (Wildman–Crippen LogP) is 4.91. The molecule has 0 aliphatic carbocycles. The van der Waals surface area contributed by atoms with Crippen LogP contribution >= 0.6 is 27.3 Å². The van der Waals surface area contributed by atoms with Gasteiger partial charge in [0.15, 0.2) is 11.5 Å². The van der Waals surface area contributed by atoms with Crippen molar-refractivity contribution in [2.45, 2.75) is 19.8 Å². The van der Waals surface area contributed by atoms with Crippen LogP contribution in [0.1, 0.15) is 28.8 Å².